The number of hydrogen-bond donors (Lipinski definition) is 1. The molecule has 2 aliphatic rings. The van der Waals surface area contributed by atoms with Gasteiger partial charge >= 0.3 is 0 Å². The molecule has 0 amide bonds. The number of halogens is 1. The smallest absolute Gasteiger partial charge is 0.188 e. The normalized spacial score (nSPS) is 33.4. The maximum atomic E-state index is 9.34. The number of aliphatic hydroxyl groups is 1. The fourth-order valence-corrected chi connectivity index (χ4v) is 4.68. The highest BCUT2D eigenvalue weighted by molar-refractivity contribution is 8.00. The lowest BCUT2D eigenvalue weighted by Crippen LogP contribution is -2.33. The van der Waals surface area contributed by atoms with Crippen molar-refractivity contribution < 1.29 is 14.6 Å². The van der Waals surface area contributed by atoms with E-state index in [0.29, 0.717) is 5.25 Å². The summed E-state index contributed by atoms with van der Waals surface area (Å²) in [6.07, 6.45) is 13.1. The summed E-state index contributed by atoms with van der Waals surface area (Å²) in [5, 5.41) is 10.7. The molecule has 0 aromatic rings. The lowest BCUT2D eigenvalue weighted by Gasteiger charge is -2.30. The van der Waals surface area contributed by atoms with Crippen LogP contribution in [0.1, 0.15) is 52.9 Å². The van der Waals surface area contributed by atoms with Crippen LogP contribution in [0, 0.1) is 0 Å². The summed E-state index contributed by atoms with van der Waals surface area (Å²) in [4.78, 5) is 0. The van der Waals surface area contributed by atoms with E-state index in [9.17, 15) is 5.11 Å². The van der Waals surface area contributed by atoms with Gasteiger partial charge < -0.3 is 14.6 Å². The Balaban J connectivity index is 1.80. The predicted molar refractivity (Wildman–Crippen MR) is 107 cm³/mol. The van der Waals surface area contributed by atoms with E-state index >= 15 is 0 Å². The monoisotopic (exact) mass is 386 g/mol. The summed E-state index contributed by atoms with van der Waals surface area (Å²) in [7, 11) is 0. The van der Waals surface area contributed by atoms with Crippen LogP contribution in [0.5, 0.6) is 0 Å². The molecule has 2 rings (SSSR count). The number of rotatable bonds is 8. The number of aliphatic hydroxyl groups excluding tert-OH is 1. The first kappa shape index (κ1) is 21.0. The maximum Gasteiger partial charge on any atom is 0.188 e. The molecule has 2 unspecified atom stereocenters. The van der Waals surface area contributed by atoms with Crippen molar-refractivity contribution in [1.82, 2.24) is 0 Å². The van der Waals surface area contributed by atoms with Gasteiger partial charge in [-0.2, -0.15) is 11.8 Å². The molecule has 1 heterocycles. The highest BCUT2D eigenvalue weighted by Crippen LogP contribution is 2.39. The number of hydrogen-bond acceptors (Lipinski definition) is 4. The van der Waals surface area contributed by atoms with Gasteiger partial charge in [-0.05, 0) is 50.5 Å². The van der Waals surface area contributed by atoms with Crippen molar-refractivity contribution in [1.29, 1.82) is 0 Å². The fourth-order valence-electron chi connectivity index (χ4n) is 3.21. The Bertz CT molecular complexity index is 517. The Kier molecular flexibility index (Phi) is 8.56. The van der Waals surface area contributed by atoms with Crippen molar-refractivity contribution in [3.05, 3.63) is 34.9 Å². The van der Waals surface area contributed by atoms with Crippen molar-refractivity contribution in [2.75, 3.05) is 12.4 Å². The van der Waals surface area contributed by atoms with E-state index in [2.05, 4.69) is 38.2 Å². The van der Waals surface area contributed by atoms with Gasteiger partial charge in [-0.3, -0.25) is 0 Å². The Morgan fingerprint density at radius 3 is 2.76 bits per heavy atom. The molecule has 1 spiro atoms. The second-order valence-corrected chi connectivity index (χ2v) is 8.47. The maximum absolute atomic E-state index is 9.34. The molecule has 142 valence electrons. The molecule has 0 bridgehead atoms. The van der Waals surface area contributed by atoms with Gasteiger partial charge in [0.1, 0.15) is 6.10 Å². The first-order valence-electron chi connectivity index (χ1n) is 9.34. The number of ether oxygens (including phenoxy) is 2. The third-order valence-electron chi connectivity index (χ3n) is 4.73. The van der Waals surface area contributed by atoms with Crippen LogP contribution in [0.3, 0.4) is 0 Å². The zero-order valence-corrected chi connectivity index (χ0v) is 17.1. The predicted octanol–water partition coefficient (Wildman–Crippen LogP) is 5.19. The zero-order chi connectivity index (χ0) is 18.3. The molecule has 3 nitrogen and oxygen atoms in total. The van der Waals surface area contributed by atoms with E-state index in [-0.39, 0.29) is 18.8 Å². The third kappa shape index (κ3) is 6.14. The van der Waals surface area contributed by atoms with Gasteiger partial charge in [0.05, 0.1) is 12.7 Å². The fraction of sp³-hybridized carbons (Fsp3) is 0.700. The van der Waals surface area contributed by atoms with Crippen LogP contribution in [-0.4, -0.2) is 40.7 Å². The van der Waals surface area contributed by atoms with Crippen molar-refractivity contribution in [2.24, 2.45) is 0 Å². The quantitative estimate of drug-likeness (QED) is 0.460. The molecule has 0 radical (unpaired) electrons. The Labute approximate surface area is 161 Å². The van der Waals surface area contributed by atoms with E-state index in [0.717, 1.165) is 42.9 Å². The minimum Gasteiger partial charge on any atom is -0.394 e. The topological polar surface area (TPSA) is 38.7 Å². The van der Waals surface area contributed by atoms with Crippen LogP contribution in [0.15, 0.2) is 34.9 Å². The molecular weight excluding hydrogens is 356 g/mol. The van der Waals surface area contributed by atoms with Crippen LogP contribution in [-0.2, 0) is 9.47 Å². The van der Waals surface area contributed by atoms with Crippen molar-refractivity contribution in [3.8, 4) is 0 Å². The summed E-state index contributed by atoms with van der Waals surface area (Å²) < 4.78 is 11.9. The first-order valence-corrected chi connectivity index (χ1v) is 10.8. The van der Waals surface area contributed by atoms with Crippen LogP contribution >= 0.6 is 23.4 Å². The molecule has 25 heavy (non-hydrogen) atoms. The molecule has 0 saturated carbocycles. The Morgan fingerprint density at radius 2 is 2.20 bits per heavy atom. The minimum absolute atomic E-state index is 0.0100. The molecule has 0 aromatic carbocycles. The molecule has 1 saturated heterocycles. The molecule has 4 atom stereocenters. The summed E-state index contributed by atoms with van der Waals surface area (Å²) in [5.41, 5.74) is 1.40. The highest BCUT2D eigenvalue weighted by Gasteiger charge is 2.45. The largest absolute Gasteiger partial charge is 0.394 e. The van der Waals surface area contributed by atoms with Gasteiger partial charge in [0, 0.05) is 16.7 Å². The second-order valence-electron chi connectivity index (χ2n) is 6.68. The first-order chi connectivity index (χ1) is 12.0. The van der Waals surface area contributed by atoms with E-state index in [1.807, 2.05) is 18.7 Å². The van der Waals surface area contributed by atoms with E-state index in [1.165, 1.54) is 5.57 Å². The molecular formula is C20H31ClO3S. The Hall–Kier alpha value is -0.260. The van der Waals surface area contributed by atoms with Crippen molar-refractivity contribution in [3.63, 3.8) is 0 Å². The molecule has 1 N–H and O–H groups in total. The van der Waals surface area contributed by atoms with Crippen LogP contribution in [0.25, 0.3) is 0 Å². The lowest BCUT2D eigenvalue weighted by molar-refractivity contribution is -0.146. The molecule has 1 aliphatic heterocycles. The molecule has 1 fully saturated rings. The third-order valence-corrected chi connectivity index (χ3v) is 6.26. The van der Waals surface area contributed by atoms with Crippen LogP contribution in [0.2, 0.25) is 0 Å². The average molecular weight is 387 g/mol. The van der Waals surface area contributed by atoms with Gasteiger partial charge in [-0.15, -0.1) is 0 Å². The minimum atomic E-state index is -0.614. The molecule has 1 aliphatic carbocycles. The van der Waals surface area contributed by atoms with E-state index in [1.54, 1.807) is 0 Å². The molecule has 0 aromatic heterocycles. The summed E-state index contributed by atoms with van der Waals surface area (Å²) >= 11 is 8.19. The van der Waals surface area contributed by atoms with Gasteiger partial charge in [0.2, 0.25) is 0 Å². The van der Waals surface area contributed by atoms with Gasteiger partial charge in [0.25, 0.3) is 0 Å². The zero-order valence-electron chi connectivity index (χ0n) is 15.5. The van der Waals surface area contributed by atoms with Crippen LogP contribution < -0.4 is 0 Å². The molecule has 5 heteroatoms. The summed E-state index contributed by atoms with van der Waals surface area (Å²) in [6.45, 7) is 6.25. The SMILES string of the molecule is CC/C=C(Cl)\C=C(/CC)CCSC1C=CC2(CC1)O[C@H](C)[C@@H](CO)O2. The van der Waals surface area contributed by atoms with E-state index < -0.39 is 5.79 Å². The van der Waals surface area contributed by atoms with Gasteiger partial charge in [0.15, 0.2) is 5.79 Å². The summed E-state index contributed by atoms with van der Waals surface area (Å²) in [5.74, 6) is 0.478. The van der Waals surface area contributed by atoms with Crippen LogP contribution in [0.4, 0.5) is 0 Å². The lowest BCUT2D eigenvalue weighted by atomic mass is 10.0. The van der Waals surface area contributed by atoms with Gasteiger partial charge in [-0.25, -0.2) is 0 Å². The second kappa shape index (κ2) is 10.2. The summed E-state index contributed by atoms with van der Waals surface area (Å²) in [6, 6.07) is 0. The van der Waals surface area contributed by atoms with E-state index in [4.69, 9.17) is 21.1 Å². The average Bonchev–Trinajstić information content (AvgIpc) is 2.91. The van der Waals surface area contributed by atoms with Crippen molar-refractivity contribution >= 4 is 23.4 Å². The van der Waals surface area contributed by atoms with Crippen molar-refractivity contribution in [2.45, 2.75) is 76.1 Å². The number of thioether (sulfide) groups is 1. The van der Waals surface area contributed by atoms with Gasteiger partial charge in [-0.1, -0.05) is 43.2 Å². The highest BCUT2D eigenvalue weighted by atomic mass is 35.5. The Morgan fingerprint density at radius 1 is 1.40 bits per heavy atom. The number of allylic oxidation sites excluding steroid dienone is 4. The standard InChI is InChI=1S/C20H31ClO3S/c1-4-6-17(21)13-16(5-2)9-12-25-18-7-10-20(11-8-18)23-15(3)19(14-22)24-20/h6-7,10,13,15,18-19,22H,4-5,8-9,11-12,14H2,1-3H3/b16-13+,17-6+/t15-,18?,19-,20?/m1/s1.